The van der Waals surface area contributed by atoms with Gasteiger partial charge in [0.2, 0.25) is 0 Å². The van der Waals surface area contributed by atoms with Gasteiger partial charge in [-0.05, 0) is 49.2 Å². The number of aromatic nitrogens is 1. The minimum Gasteiger partial charge on any atom is -0.465 e. The lowest BCUT2D eigenvalue weighted by molar-refractivity contribution is -0.0673. The molecule has 0 saturated carbocycles. The summed E-state index contributed by atoms with van der Waals surface area (Å²) in [6.45, 7) is 3.99. The molecule has 0 bridgehead atoms. The SMILES string of the molecule is COC(=O)c1ccc2c(c1)C(c1ccc[nH]c1=O)OC(C)(C)C2. The van der Waals surface area contributed by atoms with Crippen molar-refractivity contribution in [3.63, 3.8) is 0 Å². The smallest absolute Gasteiger partial charge is 0.337 e. The third-order valence-electron chi connectivity index (χ3n) is 4.03. The summed E-state index contributed by atoms with van der Waals surface area (Å²) in [6.07, 6.45) is 1.79. The third kappa shape index (κ3) is 2.92. The predicted octanol–water partition coefficient (Wildman–Crippen LogP) is 2.60. The van der Waals surface area contributed by atoms with Crippen molar-refractivity contribution in [1.29, 1.82) is 0 Å². The standard InChI is InChI=1S/C18H19NO4/c1-18(2)10-12-7-6-11(17(21)22-3)9-14(12)15(23-18)13-5-4-8-19-16(13)20/h4-9,15H,10H2,1-3H3,(H,19,20). The fourth-order valence-electron chi connectivity index (χ4n) is 3.00. The van der Waals surface area contributed by atoms with Crippen molar-refractivity contribution in [3.05, 3.63) is 69.1 Å². The minimum absolute atomic E-state index is 0.190. The Labute approximate surface area is 134 Å². The first-order chi connectivity index (χ1) is 10.9. The van der Waals surface area contributed by atoms with E-state index in [4.69, 9.17) is 9.47 Å². The summed E-state index contributed by atoms with van der Waals surface area (Å²) in [5, 5.41) is 0. The number of carbonyl (C=O) groups is 1. The molecule has 0 fully saturated rings. The van der Waals surface area contributed by atoms with Crippen LogP contribution in [0.1, 0.15) is 47.0 Å². The normalized spacial score (nSPS) is 19.0. The van der Waals surface area contributed by atoms with E-state index < -0.39 is 17.7 Å². The third-order valence-corrected chi connectivity index (χ3v) is 4.03. The maximum absolute atomic E-state index is 12.2. The zero-order valence-corrected chi connectivity index (χ0v) is 13.4. The minimum atomic E-state index is -0.511. The molecule has 0 spiro atoms. The first-order valence-electron chi connectivity index (χ1n) is 7.48. The van der Waals surface area contributed by atoms with Gasteiger partial charge in [-0.2, -0.15) is 0 Å². The highest BCUT2D eigenvalue weighted by Crippen LogP contribution is 2.39. The van der Waals surface area contributed by atoms with Crippen molar-refractivity contribution < 1.29 is 14.3 Å². The Hall–Kier alpha value is -2.40. The van der Waals surface area contributed by atoms with Gasteiger partial charge in [0.1, 0.15) is 6.10 Å². The van der Waals surface area contributed by atoms with E-state index in [1.54, 1.807) is 30.5 Å². The Bertz CT molecular complexity index is 807. The van der Waals surface area contributed by atoms with Gasteiger partial charge in [0, 0.05) is 12.6 Å². The van der Waals surface area contributed by atoms with E-state index in [9.17, 15) is 9.59 Å². The molecule has 120 valence electrons. The lowest BCUT2D eigenvalue weighted by Crippen LogP contribution is -2.37. The van der Waals surface area contributed by atoms with Crippen LogP contribution in [0.25, 0.3) is 0 Å². The summed E-state index contributed by atoms with van der Waals surface area (Å²) >= 11 is 0. The van der Waals surface area contributed by atoms with Crippen molar-refractivity contribution in [1.82, 2.24) is 4.98 Å². The average Bonchev–Trinajstić information content (AvgIpc) is 2.52. The van der Waals surface area contributed by atoms with Gasteiger partial charge >= 0.3 is 5.97 Å². The molecule has 3 rings (SSSR count). The van der Waals surface area contributed by atoms with Gasteiger partial charge in [-0.25, -0.2) is 4.79 Å². The summed E-state index contributed by atoms with van der Waals surface area (Å²) in [6, 6.07) is 8.94. The number of pyridine rings is 1. The molecule has 2 heterocycles. The highest BCUT2D eigenvalue weighted by atomic mass is 16.5. The van der Waals surface area contributed by atoms with E-state index in [2.05, 4.69) is 4.98 Å². The highest BCUT2D eigenvalue weighted by Gasteiger charge is 2.35. The molecule has 0 radical (unpaired) electrons. The molecule has 1 N–H and O–H groups in total. The maximum atomic E-state index is 12.2. The summed E-state index contributed by atoms with van der Waals surface area (Å²) < 4.78 is 10.9. The van der Waals surface area contributed by atoms with Crippen LogP contribution in [0, 0.1) is 0 Å². The second-order valence-electron chi connectivity index (χ2n) is 6.29. The number of hydrogen-bond acceptors (Lipinski definition) is 4. The molecule has 0 aliphatic carbocycles. The summed E-state index contributed by atoms with van der Waals surface area (Å²) in [4.78, 5) is 26.7. The van der Waals surface area contributed by atoms with E-state index in [1.807, 2.05) is 19.9 Å². The first kappa shape index (κ1) is 15.5. The van der Waals surface area contributed by atoms with Gasteiger partial charge in [0.05, 0.1) is 23.8 Å². The van der Waals surface area contributed by atoms with Crippen LogP contribution in [-0.2, 0) is 15.9 Å². The Morgan fingerprint density at radius 3 is 2.78 bits per heavy atom. The number of carbonyl (C=O) groups excluding carboxylic acids is 1. The fraction of sp³-hybridized carbons (Fsp3) is 0.333. The number of ether oxygens (including phenoxy) is 2. The monoisotopic (exact) mass is 313 g/mol. The van der Waals surface area contributed by atoms with E-state index in [-0.39, 0.29) is 5.56 Å². The maximum Gasteiger partial charge on any atom is 0.337 e. The van der Waals surface area contributed by atoms with Crippen LogP contribution in [0.4, 0.5) is 0 Å². The Morgan fingerprint density at radius 1 is 1.30 bits per heavy atom. The van der Waals surface area contributed by atoms with E-state index in [1.165, 1.54) is 7.11 Å². The highest BCUT2D eigenvalue weighted by molar-refractivity contribution is 5.89. The molecule has 1 atom stereocenters. The second kappa shape index (κ2) is 5.66. The molecule has 1 aliphatic heterocycles. The van der Waals surface area contributed by atoms with Crippen LogP contribution in [0.15, 0.2) is 41.3 Å². The summed E-state index contributed by atoms with van der Waals surface area (Å²) in [5.74, 6) is -0.404. The molecule has 1 unspecified atom stereocenters. The Morgan fingerprint density at radius 2 is 2.09 bits per heavy atom. The zero-order chi connectivity index (χ0) is 16.6. The number of nitrogens with one attached hydrogen (secondary N) is 1. The van der Waals surface area contributed by atoms with Gasteiger partial charge in [0.15, 0.2) is 0 Å². The van der Waals surface area contributed by atoms with Gasteiger partial charge in [0.25, 0.3) is 5.56 Å². The molecule has 23 heavy (non-hydrogen) atoms. The molecule has 2 aromatic rings. The topological polar surface area (TPSA) is 68.4 Å². The molecule has 0 amide bonds. The molecular formula is C18H19NO4. The number of H-pyrrole nitrogens is 1. The van der Waals surface area contributed by atoms with E-state index in [0.717, 1.165) is 11.1 Å². The van der Waals surface area contributed by atoms with Crippen LogP contribution in [0.3, 0.4) is 0 Å². The largest absolute Gasteiger partial charge is 0.465 e. The van der Waals surface area contributed by atoms with Crippen LogP contribution >= 0.6 is 0 Å². The van der Waals surface area contributed by atoms with Crippen molar-refractivity contribution in [2.24, 2.45) is 0 Å². The number of rotatable bonds is 2. The van der Waals surface area contributed by atoms with Crippen LogP contribution < -0.4 is 5.56 Å². The van der Waals surface area contributed by atoms with Crippen LogP contribution in [0.2, 0.25) is 0 Å². The zero-order valence-electron chi connectivity index (χ0n) is 13.4. The molecular weight excluding hydrogens is 294 g/mol. The Balaban J connectivity index is 2.16. The van der Waals surface area contributed by atoms with Gasteiger partial charge in [-0.3, -0.25) is 4.79 Å². The van der Waals surface area contributed by atoms with Gasteiger partial charge < -0.3 is 14.5 Å². The number of fused-ring (bicyclic) bond motifs is 1. The van der Waals surface area contributed by atoms with E-state index >= 15 is 0 Å². The first-order valence-corrected chi connectivity index (χ1v) is 7.48. The van der Waals surface area contributed by atoms with Crippen molar-refractivity contribution in [2.75, 3.05) is 7.11 Å². The van der Waals surface area contributed by atoms with Crippen LogP contribution in [-0.4, -0.2) is 23.7 Å². The van der Waals surface area contributed by atoms with Crippen molar-refractivity contribution in [2.45, 2.75) is 32.0 Å². The summed E-state index contributed by atoms with van der Waals surface area (Å²) in [5.41, 5.74) is 2.30. The second-order valence-corrected chi connectivity index (χ2v) is 6.29. The van der Waals surface area contributed by atoms with Crippen molar-refractivity contribution >= 4 is 5.97 Å². The lowest BCUT2D eigenvalue weighted by Gasteiger charge is -2.37. The molecule has 0 saturated heterocycles. The lowest BCUT2D eigenvalue weighted by atomic mass is 9.85. The van der Waals surface area contributed by atoms with Crippen LogP contribution in [0.5, 0.6) is 0 Å². The van der Waals surface area contributed by atoms with Crippen molar-refractivity contribution in [3.8, 4) is 0 Å². The van der Waals surface area contributed by atoms with Gasteiger partial charge in [-0.1, -0.05) is 6.07 Å². The predicted molar refractivity (Wildman–Crippen MR) is 85.6 cm³/mol. The number of methoxy groups -OCH3 is 1. The molecule has 1 aliphatic rings. The quantitative estimate of drug-likeness (QED) is 0.865. The molecule has 1 aromatic carbocycles. The average molecular weight is 313 g/mol. The number of aromatic amines is 1. The van der Waals surface area contributed by atoms with Gasteiger partial charge in [-0.15, -0.1) is 0 Å². The molecule has 1 aromatic heterocycles. The molecule has 5 nitrogen and oxygen atoms in total. The number of esters is 1. The number of benzene rings is 1. The molecule has 5 heteroatoms. The Kier molecular flexibility index (Phi) is 3.82. The number of hydrogen-bond donors (Lipinski definition) is 1. The van der Waals surface area contributed by atoms with E-state index in [0.29, 0.717) is 17.5 Å². The summed E-state index contributed by atoms with van der Waals surface area (Å²) in [7, 11) is 1.35. The fourth-order valence-corrected chi connectivity index (χ4v) is 3.00.